The Labute approximate surface area is 112 Å². The van der Waals surface area contributed by atoms with Gasteiger partial charge >= 0.3 is 5.97 Å². The molecule has 106 valence electrons. The van der Waals surface area contributed by atoms with Crippen LogP contribution in [0, 0.1) is 0 Å². The first-order valence-corrected chi connectivity index (χ1v) is 6.09. The lowest BCUT2D eigenvalue weighted by molar-refractivity contribution is -0.157. The molecule has 9 heteroatoms. The number of fused-ring (bicyclic) bond motifs is 1. The maximum absolute atomic E-state index is 10.7. The van der Waals surface area contributed by atoms with Crippen LogP contribution < -0.4 is 4.90 Å². The van der Waals surface area contributed by atoms with E-state index in [1.54, 1.807) is 12.3 Å². The van der Waals surface area contributed by atoms with Gasteiger partial charge in [0.05, 0.1) is 11.5 Å². The summed E-state index contributed by atoms with van der Waals surface area (Å²) < 4.78 is 0. The molecule has 0 aliphatic carbocycles. The number of nitrogens with one attached hydrogen (secondary N) is 1. The molecule has 0 aromatic carbocycles. The lowest BCUT2D eigenvalue weighted by Gasteiger charge is -2.33. The summed E-state index contributed by atoms with van der Waals surface area (Å²) in [5, 5.41) is 31.1. The van der Waals surface area contributed by atoms with E-state index in [0.717, 1.165) is 0 Å². The van der Waals surface area contributed by atoms with Crippen molar-refractivity contribution in [2.24, 2.45) is 0 Å². The van der Waals surface area contributed by atoms with Crippen molar-refractivity contribution < 1.29 is 25.1 Å². The Morgan fingerprint density at radius 1 is 1.35 bits per heavy atom. The van der Waals surface area contributed by atoms with Crippen LogP contribution in [0.4, 0.5) is 5.82 Å². The molecule has 20 heavy (non-hydrogen) atoms. The normalized spacial score (nSPS) is 31.9. The van der Waals surface area contributed by atoms with Gasteiger partial charge in [-0.2, -0.15) is 9.78 Å². The van der Waals surface area contributed by atoms with Gasteiger partial charge in [-0.25, -0.2) is 9.97 Å². The van der Waals surface area contributed by atoms with E-state index < -0.39 is 17.8 Å². The van der Waals surface area contributed by atoms with Gasteiger partial charge in [-0.15, -0.1) is 0 Å². The van der Waals surface area contributed by atoms with Gasteiger partial charge in [0.25, 0.3) is 0 Å². The minimum Gasteiger partial charge on any atom is -0.391 e. The first-order chi connectivity index (χ1) is 9.53. The summed E-state index contributed by atoms with van der Waals surface area (Å²) in [7, 11) is 0. The highest BCUT2D eigenvalue weighted by molar-refractivity contribution is 5.87. The van der Waals surface area contributed by atoms with E-state index in [1.165, 1.54) is 11.2 Å². The summed E-state index contributed by atoms with van der Waals surface area (Å²) in [6.07, 6.45) is 2.05. The van der Waals surface area contributed by atoms with Crippen LogP contribution in [0.1, 0.15) is 6.42 Å². The second-order valence-corrected chi connectivity index (χ2v) is 4.97. The minimum atomic E-state index is -2.15. The van der Waals surface area contributed by atoms with E-state index in [-0.39, 0.29) is 13.0 Å². The van der Waals surface area contributed by atoms with E-state index in [1.807, 2.05) is 0 Å². The number of rotatable bonds is 2. The number of H-pyrrole nitrogens is 1. The Hall–Kier alpha value is -1.78. The van der Waals surface area contributed by atoms with Crippen LogP contribution in [0.25, 0.3) is 11.0 Å². The number of anilines is 1. The highest BCUT2D eigenvalue weighted by atomic mass is 17.4. The van der Waals surface area contributed by atoms with Crippen LogP contribution in [0.2, 0.25) is 0 Å². The van der Waals surface area contributed by atoms with Crippen molar-refractivity contribution in [2.45, 2.75) is 24.2 Å². The van der Waals surface area contributed by atoms with E-state index in [4.69, 9.17) is 0 Å². The van der Waals surface area contributed by atoms with Crippen LogP contribution >= 0.6 is 0 Å². The Balaban J connectivity index is 1.86. The second-order valence-electron chi connectivity index (χ2n) is 4.97. The fourth-order valence-corrected chi connectivity index (χ4v) is 2.67. The fraction of sp³-hybridized carbons (Fsp3) is 0.455. The summed E-state index contributed by atoms with van der Waals surface area (Å²) >= 11 is 0. The number of nitrogens with zero attached hydrogens (tertiary/aromatic N) is 3. The van der Waals surface area contributed by atoms with Crippen molar-refractivity contribution >= 4 is 16.9 Å². The number of aromatic nitrogens is 3. The minimum absolute atomic E-state index is 0.0861. The number of hydrogen-bond acceptors (Lipinski definition) is 8. The summed E-state index contributed by atoms with van der Waals surface area (Å²) in [6.45, 7) is 0.0861. The predicted molar refractivity (Wildman–Crippen MR) is 63.9 cm³/mol. The SMILES string of the molecule is O[C@@H]1CN(c2ncnc3[nH]ccc23)[C@@](O)(C2(O)OO2)C1. The maximum atomic E-state index is 10.7. The zero-order chi connectivity index (χ0) is 14.0. The molecular formula is C11H12N4O5. The molecule has 0 spiro atoms. The zero-order valence-electron chi connectivity index (χ0n) is 10.2. The monoisotopic (exact) mass is 280 g/mol. The summed E-state index contributed by atoms with van der Waals surface area (Å²) in [5.41, 5.74) is -1.33. The van der Waals surface area contributed by atoms with Crippen LogP contribution in [-0.4, -0.2) is 54.6 Å². The van der Waals surface area contributed by atoms with Crippen LogP contribution in [0.5, 0.6) is 0 Å². The van der Waals surface area contributed by atoms with Crippen LogP contribution in [-0.2, 0) is 9.78 Å². The van der Waals surface area contributed by atoms with E-state index in [9.17, 15) is 15.3 Å². The molecule has 2 saturated heterocycles. The van der Waals surface area contributed by atoms with Gasteiger partial charge in [0, 0.05) is 19.2 Å². The van der Waals surface area contributed by atoms with Crippen molar-refractivity contribution in [3.05, 3.63) is 18.6 Å². The Morgan fingerprint density at radius 2 is 2.15 bits per heavy atom. The standard InChI is InChI=1S/C11H12N4O5/c16-6-3-10(17,11(18)19-20-11)15(4-6)9-7-1-2-12-8(7)13-5-14-9/h1-2,5-6,16-18H,3-4H2,(H,12,13,14)/t6-,10-/m0/s1. The molecular weight excluding hydrogens is 268 g/mol. The lowest BCUT2D eigenvalue weighted by atomic mass is 10.1. The van der Waals surface area contributed by atoms with Crippen molar-refractivity contribution in [3.8, 4) is 0 Å². The van der Waals surface area contributed by atoms with Gasteiger partial charge in [-0.1, -0.05) is 0 Å². The Morgan fingerprint density at radius 3 is 2.90 bits per heavy atom. The molecule has 2 aromatic heterocycles. The van der Waals surface area contributed by atoms with Gasteiger partial charge in [0.2, 0.25) is 5.72 Å². The molecule has 0 bridgehead atoms. The third-order valence-electron chi connectivity index (χ3n) is 3.70. The third-order valence-corrected chi connectivity index (χ3v) is 3.70. The van der Waals surface area contributed by atoms with Crippen molar-refractivity contribution in [1.29, 1.82) is 0 Å². The number of aromatic amines is 1. The number of hydrogen-bond donors (Lipinski definition) is 4. The summed E-state index contributed by atoms with van der Waals surface area (Å²) in [6, 6.07) is 1.74. The highest BCUT2D eigenvalue weighted by Gasteiger charge is 2.71. The lowest BCUT2D eigenvalue weighted by Crippen LogP contribution is -2.56. The zero-order valence-corrected chi connectivity index (χ0v) is 10.2. The maximum Gasteiger partial charge on any atom is 0.385 e. The van der Waals surface area contributed by atoms with Gasteiger partial charge in [0.1, 0.15) is 17.8 Å². The summed E-state index contributed by atoms with van der Waals surface area (Å²) in [4.78, 5) is 21.4. The van der Waals surface area contributed by atoms with Gasteiger partial charge < -0.3 is 25.2 Å². The highest BCUT2D eigenvalue weighted by Crippen LogP contribution is 2.47. The third kappa shape index (κ3) is 1.43. The molecule has 0 saturated carbocycles. The largest absolute Gasteiger partial charge is 0.391 e. The second kappa shape index (κ2) is 3.65. The number of aliphatic hydroxyl groups excluding tert-OH is 1. The average molecular weight is 280 g/mol. The molecule has 2 aliphatic rings. The topological polar surface area (TPSA) is 131 Å². The molecule has 9 nitrogen and oxygen atoms in total. The molecule has 0 radical (unpaired) electrons. The summed E-state index contributed by atoms with van der Waals surface area (Å²) in [5.74, 6) is -1.78. The van der Waals surface area contributed by atoms with Gasteiger partial charge in [-0.05, 0) is 6.07 Å². The molecule has 4 N–H and O–H groups in total. The van der Waals surface area contributed by atoms with Crippen LogP contribution in [0.15, 0.2) is 18.6 Å². The molecule has 2 fully saturated rings. The predicted octanol–water partition coefficient (Wildman–Crippen LogP) is -1.17. The van der Waals surface area contributed by atoms with Crippen molar-refractivity contribution in [3.63, 3.8) is 0 Å². The average Bonchev–Trinajstić information content (AvgIpc) is 2.88. The fourth-order valence-electron chi connectivity index (χ4n) is 2.67. The number of aliphatic hydroxyl groups is 3. The first-order valence-electron chi connectivity index (χ1n) is 6.09. The first kappa shape index (κ1) is 12.0. The van der Waals surface area contributed by atoms with E-state index in [2.05, 4.69) is 24.7 Å². The Kier molecular flexibility index (Phi) is 2.19. The molecule has 4 heterocycles. The van der Waals surface area contributed by atoms with E-state index >= 15 is 0 Å². The molecule has 2 atom stereocenters. The van der Waals surface area contributed by atoms with E-state index in [0.29, 0.717) is 16.9 Å². The molecule has 2 aliphatic heterocycles. The van der Waals surface area contributed by atoms with Gasteiger partial charge in [-0.3, -0.25) is 0 Å². The Bertz CT molecular complexity index is 672. The van der Waals surface area contributed by atoms with Crippen molar-refractivity contribution in [2.75, 3.05) is 11.4 Å². The molecule has 2 aromatic rings. The quantitative estimate of drug-likeness (QED) is 0.399. The van der Waals surface area contributed by atoms with Gasteiger partial charge in [0.15, 0.2) is 0 Å². The number of β-amino-alcohol motifs (C(OH)–C–C–N with tert-alkyl or cyclic N) is 1. The smallest absolute Gasteiger partial charge is 0.385 e. The molecule has 0 amide bonds. The van der Waals surface area contributed by atoms with Crippen molar-refractivity contribution in [1.82, 2.24) is 15.0 Å². The molecule has 0 unspecified atom stereocenters. The van der Waals surface area contributed by atoms with Crippen LogP contribution in [0.3, 0.4) is 0 Å². The molecule has 4 rings (SSSR count).